The monoisotopic (exact) mass is 316 g/mol. The molecule has 8 nitrogen and oxygen atoms in total. The molecule has 118 valence electrons. The summed E-state index contributed by atoms with van der Waals surface area (Å²) < 4.78 is 28.7. The van der Waals surface area contributed by atoms with E-state index < -0.39 is 15.9 Å². The molecule has 0 saturated carbocycles. The molecule has 1 saturated heterocycles. The van der Waals surface area contributed by atoms with Crippen LogP contribution in [0.3, 0.4) is 0 Å². The van der Waals surface area contributed by atoms with Gasteiger partial charge < -0.3 is 10.1 Å². The number of hydrogen-bond acceptors (Lipinski definition) is 5. The Kier molecular flexibility index (Phi) is 4.09. The van der Waals surface area contributed by atoms with E-state index in [0.29, 0.717) is 19.4 Å². The van der Waals surface area contributed by atoms with Crippen molar-refractivity contribution < 1.29 is 17.9 Å². The van der Waals surface area contributed by atoms with Gasteiger partial charge in [-0.05, 0) is 33.6 Å². The molecule has 1 aliphatic heterocycles. The minimum atomic E-state index is -4.01. The predicted octanol–water partition coefficient (Wildman–Crippen LogP) is 0.0529. The van der Waals surface area contributed by atoms with Crippen molar-refractivity contribution in [1.82, 2.24) is 15.5 Å². The van der Waals surface area contributed by atoms with Crippen LogP contribution in [0.1, 0.15) is 42.9 Å². The number of primary sulfonamides is 1. The summed E-state index contributed by atoms with van der Waals surface area (Å²) in [4.78, 5) is 12.0. The molecular formula is C12H20N4O4S. The molecule has 0 aromatic carbocycles. The summed E-state index contributed by atoms with van der Waals surface area (Å²) in [5.41, 5.74) is -0.269. The number of carbonyl (C=O) groups is 1. The van der Waals surface area contributed by atoms with Crippen molar-refractivity contribution in [3.63, 3.8) is 0 Å². The lowest BCUT2D eigenvalue weighted by atomic mass is 9.94. The van der Waals surface area contributed by atoms with Gasteiger partial charge in [-0.3, -0.25) is 9.89 Å². The molecule has 1 aromatic heterocycles. The number of amides is 1. The highest BCUT2D eigenvalue weighted by atomic mass is 32.2. The maximum Gasteiger partial charge on any atom is 0.273 e. The summed E-state index contributed by atoms with van der Waals surface area (Å²) in [5, 5.41) is 14.2. The van der Waals surface area contributed by atoms with Gasteiger partial charge in [0.15, 0.2) is 5.69 Å². The Labute approximate surface area is 123 Å². The molecular weight excluding hydrogens is 296 g/mol. The fraction of sp³-hybridized carbons (Fsp3) is 0.667. The van der Waals surface area contributed by atoms with Crippen LogP contribution in [-0.2, 0) is 14.8 Å². The van der Waals surface area contributed by atoms with Crippen molar-refractivity contribution in [3.05, 3.63) is 11.4 Å². The lowest BCUT2D eigenvalue weighted by Gasteiger charge is -2.35. The van der Waals surface area contributed by atoms with Gasteiger partial charge in [0.1, 0.15) is 4.90 Å². The fourth-order valence-electron chi connectivity index (χ4n) is 2.53. The van der Waals surface area contributed by atoms with Crippen molar-refractivity contribution in [2.24, 2.45) is 5.14 Å². The first-order chi connectivity index (χ1) is 9.60. The van der Waals surface area contributed by atoms with E-state index in [2.05, 4.69) is 15.5 Å². The van der Waals surface area contributed by atoms with Gasteiger partial charge in [0.05, 0.1) is 11.3 Å². The van der Waals surface area contributed by atoms with E-state index in [1.165, 1.54) is 6.92 Å². The number of sulfonamides is 1. The molecule has 0 spiro atoms. The van der Waals surface area contributed by atoms with E-state index >= 15 is 0 Å². The van der Waals surface area contributed by atoms with Crippen LogP contribution in [0, 0.1) is 6.92 Å². The van der Waals surface area contributed by atoms with Crippen LogP contribution in [0.4, 0.5) is 0 Å². The van der Waals surface area contributed by atoms with Gasteiger partial charge in [-0.15, -0.1) is 0 Å². The van der Waals surface area contributed by atoms with E-state index in [9.17, 15) is 13.2 Å². The van der Waals surface area contributed by atoms with Crippen LogP contribution in [0.25, 0.3) is 0 Å². The average molecular weight is 316 g/mol. The molecule has 1 atom stereocenters. The molecule has 1 fully saturated rings. The average Bonchev–Trinajstić information content (AvgIpc) is 2.69. The van der Waals surface area contributed by atoms with E-state index in [1.54, 1.807) is 0 Å². The van der Waals surface area contributed by atoms with E-state index in [1.807, 2.05) is 13.8 Å². The van der Waals surface area contributed by atoms with Gasteiger partial charge in [-0.25, -0.2) is 13.6 Å². The van der Waals surface area contributed by atoms with Crippen molar-refractivity contribution in [1.29, 1.82) is 0 Å². The van der Waals surface area contributed by atoms with Gasteiger partial charge in [0, 0.05) is 12.6 Å². The van der Waals surface area contributed by atoms with Crippen LogP contribution in [0.15, 0.2) is 4.90 Å². The first-order valence-electron chi connectivity index (χ1n) is 6.63. The molecule has 0 aliphatic carbocycles. The number of ether oxygens (including phenoxy) is 1. The lowest BCUT2D eigenvalue weighted by molar-refractivity contribution is -0.0615. The largest absolute Gasteiger partial charge is 0.375 e. The Bertz CT molecular complexity index is 650. The molecule has 0 radical (unpaired) electrons. The van der Waals surface area contributed by atoms with Crippen molar-refractivity contribution >= 4 is 15.9 Å². The highest BCUT2D eigenvalue weighted by Gasteiger charge is 2.32. The normalized spacial score (nSPS) is 22.0. The first-order valence-corrected chi connectivity index (χ1v) is 8.17. The minimum absolute atomic E-state index is 0.0911. The summed E-state index contributed by atoms with van der Waals surface area (Å²) in [6, 6.07) is -0.0911. The van der Waals surface area contributed by atoms with Crippen LogP contribution in [0.2, 0.25) is 0 Å². The van der Waals surface area contributed by atoms with Crippen molar-refractivity contribution in [2.45, 2.75) is 50.2 Å². The van der Waals surface area contributed by atoms with E-state index in [0.717, 1.165) is 0 Å². The number of nitrogens with zero attached hydrogens (tertiary/aromatic N) is 1. The third-order valence-electron chi connectivity index (χ3n) is 3.42. The molecule has 2 rings (SSSR count). The molecule has 9 heteroatoms. The second-order valence-corrected chi connectivity index (χ2v) is 7.34. The zero-order valence-electron chi connectivity index (χ0n) is 12.3. The summed E-state index contributed by atoms with van der Waals surface area (Å²) >= 11 is 0. The topological polar surface area (TPSA) is 127 Å². The van der Waals surface area contributed by atoms with Gasteiger partial charge >= 0.3 is 0 Å². The maximum atomic E-state index is 12.3. The number of hydrogen-bond donors (Lipinski definition) is 3. The zero-order valence-corrected chi connectivity index (χ0v) is 13.1. The van der Waals surface area contributed by atoms with Gasteiger partial charge in [-0.2, -0.15) is 5.10 Å². The first kappa shape index (κ1) is 15.9. The molecule has 1 unspecified atom stereocenters. The van der Waals surface area contributed by atoms with Crippen LogP contribution >= 0.6 is 0 Å². The SMILES string of the molecule is Cc1[nH]nc(C(=O)NC2CCOC(C)(C)C2)c1S(N)(=O)=O. The molecule has 4 N–H and O–H groups in total. The van der Waals surface area contributed by atoms with Crippen LogP contribution in [-0.4, -0.2) is 42.8 Å². The summed E-state index contributed by atoms with van der Waals surface area (Å²) in [7, 11) is -4.01. The summed E-state index contributed by atoms with van der Waals surface area (Å²) in [6.07, 6.45) is 1.32. The quantitative estimate of drug-likeness (QED) is 0.726. The molecule has 21 heavy (non-hydrogen) atoms. The van der Waals surface area contributed by atoms with Crippen molar-refractivity contribution in [3.8, 4) is 0 Å². The number of rotatable bonds is 3. The van der Waals surface area contributed by atoms with Gasteiger partial charge in [-0.1, -0.05) is 0 Å². The van der Waals surface area contributed by atoms with Gasteiger partial charge in [0.25, 0.3) is 5.91 Å². The number of carbonyl (C=O) groups excluding carboxylic acids is 1. The number of nitrogens with two attached hydrogens (primary N) is 1. The highest BCUT2D eigenvalue weighted by molar-refractivity contribution is 7.89. The molecule has 1 aromatic rings. The second-order valence-electron chi connectivity index (χ2n) is 5.84. The summed E-state index contributed by atoms with van der Waals surface area (Å²) in [5.74, 6) is -0.550. The highest BCUT2D eigenvalue weighted by Crippen LogP contribution is 2.24. The number of aromatic amines is 1. The Morgan fingerprint density at radius 1 is 1.52 bits per heavy atom. The number of aromatic nitrogens is 2. The van der Waals surface area contributed by atoms with Gasteiger partial charge in [0.2, 0.25) is 10.0 Å². The Morgan fingerprint density at radius 2 is 2.19 bits per heavy atom. The second kappa shape index (κ2) is 5.39. The molecule has 1 amide bonds. The molecule has 1 aliphatic rings. The number of aryl methyl sites for hydroxylation is 1. The summed E-state index contributed by atoms with van der Waals surface area (Å²) in [6.45, 7) is 5.93. The number of nitrogens with one attached hydrogen (secondary N) is 2. The smallest absolute Gasteiger partial charge is 0.273 e. The third kappa shape index (κ3) is 3.60. The fourth-order valence-corrected chi connectivity index (χ4v) is 3.41. The number of H-pyrrole nitrogens is 1. The Hall–Kier alpha value is -1.45. The lowest BCUT2D eigenvalue weighted by Crippen LogP contribution is -2.46. The molecule has 0 bridgehead atoms. The third-order valence-corrected chi connectivity index (χ3v) is 4.49. The Morgan fingerprint density at radius 3 is 2.76 bits per heavy atom. The van der Waals surface area contributed by atoms with Crippen LogP contribution in [0.5, 0.6) is 0 Å². The standard InChI is InChI=1S/C12H20N4O4S/c1-7-10(21(13,18)19)9(16-15-7)11(17)14-8-4-5-20-12(2,3)6-8/h8H,4-6H2,1-3H3,(H,14,17)(H,15,16)(H2,13,18,19). The van der Waals surface area contributed by atoms with E-state index in [-0.39, 0.29) is 27.9 Å². The zero-order chi connectivity index (χ0) is 15.8. The molecule has 2 heterocycles. The predicted molar refractivity (Wildman–Crippen MR) is 75.2 cm³/mol. The van der Waals surface area contributed by atoms with Crippen molar-refractivity contribution in [2.75, 3.05) is 6.61 Å². The van der Waals surface area contributed by atoms with E-state index in [4.69, 9.17) is 9.88 Å². The van der Waals surface area contributed by atoms with Crippen LogP contribution < -0.4 is 10.5 Å². The maximum absolute atomic E-state index is 12.3. The minimum Gasteiger partial charge on any atom is -0.375 e. The Balaban J connectivity index is 2.19.